The fourth-order valence-corrected chi connectivity index (χ4v) is 2.38. The number of nitrogens with one attached hydrogen (secondary N) is 2. The predicted molar refractivity (Wildman–Crippen MR) is 93.4 cm³/mol. The highest BCUT2D eigenvalue weighted by Crippen LogP contribution is 2.36. The number of ether oxygens (including phenoxy) is 2. The van der Waals surface area contributed by atoms with Gasteiger partial charge in [0.15, 0.2) is 0 Å². The third-order valence-corrected chi connectivity index (χ3v) is 3.94. The van der Waals surface area contributed by atoms with Crippen molar-refractivity contribution in [2.75, 3.05) is 24.9 Å². The lowest BCUT2D eigenvalue weighted by Crippen LogP contribution is -2.20. The van der Waals surface area contributed by atoms with Crippen molar-refractivity contribution in [1.29, 1.82) is 0 Å². The Bertz CT molecular complexity index is 736. The minimum Gasteiger partial charge on any atom is -0.495 e. The Morgan fingerprint density at radius 2 is 1.61 bits per heavy atom. The lowest BCUT2D eigenvalue weighted by molar-refractivity contribution is 0.262. The van der Waals surface area contributed by atoms with Gasteiger partial charge in [-0.05, 0) is 24.6 Å². The van der Waals surface area contributed by atoms with Crippen LogP contribution in [0.1, 0.15) is 5.56 Å². The summed E-state index contributed by atoms with van der Waals surface area (Å²) >= 11 is 12.1. The third-order valence-electron chi connectivity index (χ3n) is 3.24. The Morgan fingerprint density at radius 3 is 2.26 bits per heavy atom. The number of hydrogen-bond donors (Lipinski definition) is 2. The number of urea groups is 1. The average Bonchev–Trinajstić information content (AvgIpc) is 2.53. The van der Waals surface area contributed by atoms with Gasteiger partial charge >= 0.3 is 6.03 Å². The van der Waals surface area contributed by atoms with Crippen LogP contribution in [0.15, 0.2) is 30.3 Å². The maximum atomic E-state index is 12.2. The number of amides is 2. The highest BCUT2D eigenvalue weighted by molar-refractivity contribution is 6.32. The van der Waals surface area contributed by atoms with E-state index in [1.54, 1.807) is 30.3 Å². The SMILES string of the molecule is COc1cc(NC(=O)Nc2cccc(Cl)c2C)c(OC)cc1Cl. The summed E-state index contributed by atoms with van der Waals surface area (Å²) in [6.45, 7) is 1.82. The number of rotatable bonds is 4. The molecule has 5 nitrogen and oxygen atoms in total. The van der Waals surface area contributed by atoms with Gasteiger partial charge in [-0.1, -0.05) is 29.3 Å². The molecule has 2 rings (SSSR count). The van der Waals surface area contributed by atoms with Crippen molar-refractivity contribution in [3.63, 3.8) is 0 Å². The second kappa shape index (κ2) is 7.44. The molecule has 0 spiro atoms. The summed E-state index contributed by atoms with van der Waals surface area (Å²) in [4.78, 5) is 12.2. The number of benzene rings is 2. The minimum absolute atomic E-state index is 0.390. The van der Waals surface area contributed by atoms with E-state index in [0.29, 0.717) is 32.9 Å². The fourth-order valence-electron chi connectivity index (χ4n) is 1.98. The number of anilines is 2. The Hall–Kier alpha value is -2.11. The Labute approximate surface area is 144 Å². The molecule has 2 aromatic carbocycles. The van der Waals surface area contributed by atoms with Crippen molar-refractivity contribution in [3.8, 4) is 11.5 Å². The van der Waals surface area contributed by atoms with Gasteiger partial charge in [-0.3, -0.25) is 0 Å². The van der Waals surface area contributed by atoms with Crippen molar-refractivity contribution >= 4 is 40.6 Å². The molecule has 2 aromatic rings. The third kappa shape index (κ3) is 4.00. The van der Waals surface area contributed by atoms with Crippen molar-refractivity contribution in [1.82, 2.24) is 0 Å². The van der Waals surface area contributed by atoms with Gasteiger partial charge in [-0.25, -0.2) is 4.79 Å². The molecule has 0 radical (unpaired) electrons. The Morgan fingerprint density at radius 1 is 0.957 bits per heavy atom. The normalized spacial score (nSPS) is 10.1. The van der Waals surface area contributed by atoms with Crippen LogP contribution in [0.25, 0.3) is 0 Å². The van der Waals surface area contributed by atoms with Crippen LogP contribution in [0.4, 0.5) is 16.2 Å². The highest BCUT2D eigenvalue weighted by Gasteiger charge is 2.13. The lowest BCUT2D eigenvalue weighted by Gasteiger charge is -2.14. The van der Waals surface area contributed by atoms with Crippen molar-refractivity contribution in [3.05, 3.63) is 45.9 Å². The van der Waals surface area contributed by atoms with Crippen LogP contribution < -0.4 is 20.1 Å². The molecule has 0 aliphatic carbocycles. The molecule has 23 heavy (non-hydrogen) atoms. The van der Waals surface area contributed by atoms with Crippen LogP contribution in [0, 0.1) is 6.92 Å². The summed E-state index contributed by atoms with van der Waals surface area (Å²) in [7, 11) is 2.98. The quantitative estimate of drug-likeness (QED) is 0.815. The Kier molecular flexibility index (Phi) is 5.58. The summed E-state index contributed by atoms with van der Waals surface area (Å²) in [6.07, 6.45) is 0. The van der Waals surface area contributed by atoms with E-state index < -0.39 is 6.03 Å². The van der Waals surface area contributed by atoms with E-state index in [1.165, 1.54) is 14.2 Å². The first-order chi connectivity index (χ1) is 11.0. The first-order valence-electron chi connectivity index (χ1n) is 6.71. The van der Waals surface area contributed by atoms with E-state index in [9.17, 15) is 4.79 Å². The molecule has 7 heteroatoms. The second-order valence-electron chi connectivity index (χ2n) is 4.68. The summed E-state index contributed by atoms with van der Waals surface area (Å²) in [5.74, 6) is 0.857. The van der Waals surface area contributed by atoms with Gasteiger partial charge in [0.2, 0.25) is 0 Å². The van der Waals surface area contributed by atoms with Gasteiger partial charge in [0, 0.05) is 22.8 Å². The first kappa shape index (κ1) is 17.2. The van der Waals surface area contributed by atoms with Gasteiger partial charge in [-0.2, -0.15) is 0 Å². The van der Waals surface area contributed by atoms with Crippen molar-refractivity contribution in [2.45, 2.75) is 6.92 Å². The molecule has 122 valence electrons. The number of methoxy groups -OCH3 is 2. The smallest absolute Gasteiger partial charge is 0.323 e. The summed E-state index contributed by atoms with van der Waals surface area (Å²) in [5.41, 5.74) is 1.84. The van der Waals surface area contributed by atoms with Gasteiger partial charge in [0.1, 0.15) is 11.5 Å². The molecule has 0 aromatic heterocycles. The fraction of sp³-hybridized carbons (Fsp3) is 0.188. The summed E-state index contributed by atoms with van der Waals surface area (Å²) in [6, 6.07) is 8.01. The largest absolute Gasteiger partial charge is 0.495 e. The number of carbonyl (C=O) groups is 1. The Balaban J connectivity index is 2.21. The van der Waals surface area contributed by atoms with Crippen LogP contribution in [0.2, 0.25) is 10.0 Å². The standard InChI is InChI=1S/C16H16Cl2N2O3/c1-9-10(17)5-4-6-12(9)19-16(21)20-13-8-14(22-2)11(18)7-15(13)23-3/h4-8H,1-3H3,(H2,19,20,21). The van der Waals surface area contributed by atoms with Gasteiger partial charge in [0.05, 0.1) is 24.9 Å². The molecule has 0 saturated carbocycles. The minimum atomic E-state index is -0.432. The zero-order chi connectivity index (χ0) is 17.0. The molecule has 0 saturated heterocycles. The monoisotopic (exact) mass is 354 g/mol. The van der Waals surface area contributed by atoms with Crippen LogP contribution >= 0.6 is 23.2 Å². The van der Waals surface area contributed by atoms with Crippen molar-refractivity contribution < 1.29 is 14.3 Å². The van der Waals surface area contributed by atoms with E-state index in [1.807, 2.05) is 6.92 Å². The molecular formula is C16H16Cl2N2O3. The molecule has 0 fully saturated rings. The molecule has 0 aliphatic rings. The maximum absolute atomic E-state index is 12.2. The molecule has 2 N–H and O–H groups in total. The van der Waals surface area contributed by atoms with E-state index in [0.717, 1.165) is 5.56 Å². The molecule has 0 atom stereocenters. The molecule has 0 unspecified atom stereocenters. The van der Waals surface area contributed by atoms with Gasteiger partial charge in [0.25, 0.3) is 0 Å². The number of carbonyl (C=O) groups excluding carboxylic acids is 1. The average molecular weight is 355 g/mol. The highest BCUT2D eigenvalue weighted by atomic mass is 35.5. The summed E-state index contributed by atoms with van der Waals surface area (Å²) < 4.78 is 10.4. The second-order valence-corrected chi connectivity index (χ2v) is 5.49. The maximum Gasteiger partial charge on any atom is 0.323 e. The number of halogens is 2. The predicted octanol–water partition coefficient (Wildman–Crippen LogP) is 4.96. The topological polar surface area (TPSA) is 59.6 Å². The molecule has 0 bridgehead atoms. The number of hydrogen-bond acceptors (Lipinski definition) is 3. The van der Waals surface area contributed by atoms with Crippen LogP contribution in [-0.4, -0.2) is 20.3 Å². The van der Waals surface area contributed by atoms with Crippen molar-refractivity contribution in [2.24, 2.45) is 0 Å². The molecule has 0 aliphatic heterocycles. The van der Waals surface area contributed by atoms with Crippen LogP contribution in [-0.2, 0) is 0 Å². The van der Waals surface area contributed by atoms with E-state index in [4.69, 9.17) is 32.7 Å². The van der Waals surface area contributed by atoms with E-state index >= 15 is 0 Å². The van der Waals surface area contributed by atoms with E-state index in [-0.39, 0.29) is 0 Å². The molecular weight excluding hydrogens is 339 g/mol. The zero-order valence-corrected chi connectivity index (χ0v) is 14.4. The zero-order valence-electron chi connectivity index (χ0n) is 12.9. The van der Waals surface area contributed by atoms with Gasteiger partial charge < -0.3 is 20.1 Å². The lowest BCUT2D eigenvalue weighted by atomic mass is 10.2. The molecule has 2 amide bonds. The summed E-state index contributed by atoms with van der Waals surface area (Å²) in [5, 5.41) is 6.41. The van der Waals surface area contributed by atoms with Gasteiger partial charge in [-0.15, -0.1) is 0 Å². The van der Waals surface area contributed by atoms with Crippen LogP contribution in [0.3, 0.4) is 0 Å². The van der Waals surface area contributed by atoms with Crippen LogP contribution in [0.5, 0.6) is 11.5 Å². The first-order valence-corrected chi connectivity index (χ1v) is 7.46. The molecule has 0 heterocycles. The van der Waals surface area contributed by atoms with E-state index in [2.05, 4.69) is 10.6 Å².